The van der Waals surface area contributed by atoms with Gasteiger partial charge in [-0.05, 0) is 32.4 Å². The van der Waals surface area contributed by atoms with Gasteiger partial charge in [-0.25, -0.2) is 9.18 Å². The summed E-state index contributed by atoms with van der Waals surface area (Å²) in [6.07, 6.45) is -4.28. The maximum atomic E-state index is 13.5. The molecule has 0 saturated carbocycles. The summed E-state index contributed by atoms with van der Waals surface area (Å²) in [6, 6.07) is -0.314. The van der Waals surface area contributed by atoms with Crippen molar-refractivity contribution in [3.05, 3.63) is 0 Å². The Labute approximate surface area is 114 Å². The Morgan fingerprint density at radius 1 is 1.30 bits per heavy atom. The SMILES string of the molecule is O=C(OC[C@H]1C[C@@H](F)CN1C1CCNCC1)C(F)(F)F. The third kappa shape index (κ3) is 3.82. The Balaban J connectivity index is 1.89. The Morgan fingerprint density at radius 3 is 2.55 bits per heavy atom. The van der Waals surface area contributed by atoms with Crippen molar-refractivity contribution in [2.24, 2.45) is 0 Å². The number of likely N-dealkylation sites (tertiary alicyclic amines) is 1. The van der Waals surface area contributed by atoms with Crippen molar-refractivity contribution < 1.29 is 27.1 Å². The number of nitrogens with zero attached hydrogens (tertiary/aromatic N) is 1. The van der Waals surface area contributed by atoms with Crippen LogP contribution in [0.1, 0.15) is 19.3 Å². The molecule has 0 radical (unpaired) electrons. The normalized spacial score (nSPS) is 29.6. The highest BCUT2D eigenvalue weighted by atomic mass is 19.4. The molecule has 0 aromatic rings. The number of halogens is 4. The van der Waals surface area contributed by atoms with Gasteiger partial charge in [0.2, 0.25) is 0 Å². The Hall–Kier alpha value is -0.890. The minimum Gasteiger partial charge on any atom is -0.457 e. The van der Waals surface area contributed by atoms with Crippen molar-refractivity contribution in [2.45, 2.75) is 43.7 Å². The van der Waals surface area contributed by atoms with Gasteiger partial charge in [-0.1, -0.05) is 0 Å². The van der Waals surface area contributed by atoms with Crippen LogP contribution in [0.25, 0.3) is 0 Å². The molecule has 2 aliphatic rings. The number of ether oxygens (including phenoxy) is 1. The largest absolute Gasteiger partial charge is 0.490 e. The Morgan fingerprint density at radius 2 is 1.95 bits per heavy atom. The molecule has 2 heterocycles. The first kappa shape index (κ1) is 15.5. The Kier molecular flexibility index (Phi) is 4.85. The summed E-state index contributed by atoms with van der Waals surface area (Å²) in [7, 11) is 0. The first-order valence-electron chi connectivity index (χ1n) is 6.72. The highest BCUT2D eigenvalue weighted by molar-refractivity contribution is 5.75. The van der Waals surface area contributed by atoms with Gasteiger partial charge in [0.1, 0.15) is 12.8 Å². The highest BCUT2D eigenvalue weighted by Gasteiger charge is 2.43. The monoisotopic (exact) mass is 298 g/mol. The molecule has 4 nitrogen and oxygen atoms in total. The molecule has 20 heavy (non-hydrogen) atoms. The lowest BCUT2D eigenvalue weighted by Crippen LogP contribution is -2.47. The van der Waals surface area contributed by atoms with E-state index in [-0.39, 0.29) is 19.0 Å². The van der Waals surface area contributed by atoms with E-state index in [9.17, 15) is 22.4 Å². The zero-order chi connectivity index (χ0) is 14.8. The van der Waals surface area contributed by atoms with Crippen molar-refractivity contribution in [1.29, 1.82) is 0 Å². The lowest BCUT2D eigenvalue weighted by molar-refractivity contribution is -0.201. The van der Waals surface area contributed by atoms with Gasteiger partial charge < -0.3 is 10.1 Å². The van der Waals surface area contributed by atoms with Crippen LogP contribution in [0.15, 0.2) is 0 Å². The molecule has 2 rings (SSSR count). The number of alkyl halides is 4. The van der Waals surface area contributed by atoms with Gasteiger partial charge >= 0.3 is 12.1 Å². The fourth-order valence-electron chi connectivity index (χ4n) is 2.89. The number of hydrogen-bond acceptors (Lipinski definition) is 4. The highest BCUT2D eigenvalue weighted by Crippen LogP contribution is 2.27. The number of piperidine rings is 1. The van der Waals surface area contributed by atoms with Crippen LogP contribution < -0.4 is 5.32 Å². The van der Waals surface area contributed by atoms with E-state index in [1.54, 1.807) is 0 Å². The number of carbonyl (C=O) groups is 1. The summed E-state index contributed by atoms with van der Waals surface area (Å²) < 4.78 is 54.0. The molecule has 116 valence electrons. The standard InChI is InChI=1S/C12H18F4N2O2/c13-8-5-10(7-20-11(19)12(14,15)16)18(6-8)9-1-3-17-4-2-9/h8-10,17H,1-7H2/t8-,10-/m1/s1. The van der Waals surface area contributed by atoms with Crippen LogP contribution in [0.3, 0.4) is 0 Å². The molecule has 0 bridgehead atoms. The molecule has 0 amide bonds. The fraction of sp³-hybridized carbons (Fsp3) is 0.917. The number of carbonyl (C=O) groups excluding carboxylic acids is 1. The quantitative estimate of drug-likeness (QED) is 0.629. The molecule has 0 unspecified atom stereocenters. The lowest BCUT2D eigenvalue weighted by atomic mass is 10.0. The summed E-state index contributed by atoms with van der Waals surface area (Å²) >= 11 is 0. The van der Waals surface area contributed by atoms with Gasteiger partial charge in [0.05, 0.1) is 0 Å². The van der Waals surface area contributed by atoms with Gasteiger partial charge in [-0.3, -0.25) is 4.90 Å². The fourth-order valence-corrected chi connectivity index (χ4v) is 2.89. The van der Waals surface area contributed by atoms with E-state index >= 15 is 0 Å². The van der Waals surface area contributed by atoms with Crippen LogP contribution in [-0.2, 0) is 9.53 Å². The molecule has 0 aromatic carbocycles. The first-order chi connectivity index (χ1) is 9.38. The second-order valence-corrected chi connectivity index (χ2v) is 5.26. The van der Waals surface area contributed by atoms with Crippen LogP contribution in [0.4, 0.5) is 17.6 Å². The summed E-state index contributed by atoms with van der Waals surface area (Å²) in [5.74, 6) is -2.20. The van der Waals surface area contributed by atoms with Gasteiger partial charge in [-0.2, -0.15) is 13.2 Å². The van der Waals surface area contributed by atoms with Crippen molar-refractivity contribution in [1.82, 2.24) is 10.2 Å². The minimum atomic E-state index is -4.99. The average molecular weight is 298 g/mol. The second-order valence-electron chi connectivity index (χ2n) is 5.26. The van der Waals surface area contributed by atoms with E-state index in [1.165, 1.54) is 0 Å². The summed E-state index contributed by atoms with van der Waals surface area (Å²) in [5.41, 5.74) is 0. The zero-order valence-electron chi connectivity index (χ0n) is 11.0. The van der Waals surface area contributed by atoms with Gasteiger partial charge in [0.15, 0.2) is 0 Å². The van der Waals surface area contributed by atoms with Crippen LogP contribution in [-0.4, -0.2) is 61.5 Å². The summed E-state index contributed by atoms with van der Waals surface area (Å²) in [6.45, 7) is 1.43. The predicted octanol–water partition coefficient (Wildman–Crippen LogP) is 1.26. The third-order valence-corrected chi connectivity index (χ3v) is 3.82. The molecule has 0 spiro atoms. The number of hydrogen-bond donors (Lipinski definition) is 1. The number of esters is 1. The van der Waals surface area contributed by atoms with Crippen LogP contribution in [0.2, 0.25) is 0 Å². The zero-order valence-corrected chi connectivity index (χ0v) is 11.0. The van der Waals surface area contributed by atoms with Crippen molar-refractivity contribution in [3.8, 4) is 0 Å². The molecule has 0 aromatic heterocycles. The molecule has 8 heteroatoms. The van der Waals surface area contributed by atoms with E-state index in [0.29, 0.717) is 0 Å². The number of rotatable bonds is 3. The van der Waals surface area contributed by atoms with E-state index < -0.39 is 31.0 Å². The molecule has 2 aliphatic heterocycles. The topological polar surface area (TPSA) is 41.6 Å². The molecular formula is C12H18F4N2O2. The predicted molar refractivity (Wildman–Crippen MR) is 62.9 cm³/mol. The van der Waals surface area contributed by atoms with Gasteiger partial charge in [0, 0.05) is 18.6 Å². The Bertz CT molecular complexity index is 345. The lowest BCUT2D eigenvalue weighted by Gasteiger charge is -2.35. The summed E-state index contributed by atoms with van der Waals surface area (Å²) in [5, 5.41) is 3.18. The van der Waals surface area contributed by atoms with Crippen LogP contribution >= 0.6 is 0 Å². The van der Waals surface area contributed by atoms with E-state index in [0.717, 1.165) is 25.9 Å². The van der Waals surface area contributed by atoms with Gasteiger partial charge in [-0.15, -0.1) is 0 Å². The maximum Gasteiger partial charge on any atom is 0.490 e. The van der Waals surface area contributed by atoms with Gasteiger partial charge in [0.25, 0.3) is 0 Å². The number of nitrogens with one attached hydrogen (secondary N) is 1. The minimum absolute atomic E-state index is 0.120. The van der Waals surface area contributed by atoms with E-state index in [1.807, 2.05) is 4.90 Å². The molecule has 2 saturated heterocycles. The van der Waals surface area contributed by atoms with Crippen molar-refractivity contribution in [2.75, 3.05) is 26.2 Å². The average Bonchev–Trinajstić information content (AvgIpc) is 2.77. The maximum absolute atomic E-state index is 13.5. The molecular weight excluding hydrogens is 280 g/mol. The molecule has 2 atom stereocenters. The van der Waals surface area contributed by atoms with E-state index in [2.05, 4.69) is 10.1 Å². The van der Waals surface area contributed by atoms with Crippen molar-refractivity contribution >= 4 is 5.97 Å². The van der Waals surface area contributed by atoms with Crippen LogP contribution in [0.5, 0.6) is 0 Å². The molecule has 1 N–H and O–H groups in total. The van der Waals surface area contributed by atoms with Crippen LogP contribution in [0, 0.1) is 0 Å². The van der Waals surface area contributed by atoms with Crippen molar-refractivity contribution in [3.63, 3.8) is 0 Å². The first-order valence-corrected chi connectivity index (χ1v) is 6.72. The third-order valence-electron chi connectivity index (χ3n) is 3.82. The summed E-state index contributed by atoms with van der Waals surface area (Å²) in [4.78, 5) is 12.6. The molecule has 2 fully saturated rings. The molecule has 0 aliphatic carbocycles. The smallest absolute Gasteiger partial charge is 0.457 e. The van der Waals surface area contributed by atoms with E-state index in [4.69, 9.17) is 0 Å². The second kappa shape index (κ2) is 6.26.